The first-order valence-electron chi connectivity index (χ1n) is 12.0. The summed E-state index contributed by atoms with van der Waals surface area (Å²) in [7, 11) is -3.69. The fourth-order valence-electron chi connectivity index (χ4n) is 5.31. The van der Waals surface area contributed by atoms with E-state index in [1.165, 1.54) is 4.31 Å². The molecule has 0 N–H and O–H groups in total. The van der Waals surface area contributed by atoms with Gasteiger partial charge in [0.15, 0.2) is 17.3 Å². The van der Waals surface area contributed by atoms with Gasteiger partial charge in [-0.25, -0.2) is 8.42 Å². The molecule has 2 aromatic rings. The molecule has 9 nitrogen and oxygen atoms in total. The van der Waals surface area contributed by atoms with Crippen molar-refractivity contribution in [3.8, 4) is 11.5 Å². The Labute approximate surface area is 200 Å². The number of carbonyl (C=O) groups excluding carboxylic acids is 1. The summed E-state index contributed by atoms with van der Waals surface area (Å²) in [5.41, 5.74) is 1.43. The Kier molecular flexibility index (Phi) is 6.28. The van der Waals surface area contributed by atoms with Crippen molar-refractivity contribution in [2.75, 3.05) is 32.8 Å². The van der Waals surface area contributed by atoms with E-state index in [9.17, 15) is 13.2 Å². The number of aromatic nitrogens is 1. The van der Waals surface area contributed by atoms with E-state index in [1.807, 2.05) is 23.1 Å². The molecule has 4 heterocycles. The molecule has 10 heteroatoms. The topological polar surface area (TPSA) is 102 Å². The van der Waals surface area contributed by atoms with Crippen LogP contribution in [-0.2, 0) is 14.8 Å². The van der Waals surface area contributed by atoms with E-state index in [4.69, 9.17) is 14.0 Å². The minimum absolute atomic E-state index is 0.00807. The quantitative estimate of drug-likeness (QED) is 0.650. The Bertz CT molecular complexity index is 1150. The molecule has 2 fully saturated rings. The van der Waals surface area contributed by atoms with Gasteiger partial charge in [0.1, 0.15) is 10.6 Å². The van der Waals surface area contributed by atoms with E-state index in [0.29, 0.717) is 50.6 Å². The van der Waals surface area contributed by atoms with Crippen LogP contribution < -0.4 is 9.47 Å². The number of sulfonamides is 1. The third kappa shape index (κ3) is 4.17. The number of carbonyl (C=O) groups is 1. The molecule has 5 rings (SSSR count). The first-order chi connectivity index (χ1) is 16.4. The van der Waals surface area contributed by atoms with E-state index in [1.54, 1.807) is 13.8 Å². The lowest BCUT2D eigenvalue weighted by Gasteiger charge is -2.34. The van der Waals surface area contributed by atoms with E-state index >= 15 is 0 Å². The summed E-state index contributed by atoms with van der Waals surface area (Å²) in [5, 5.41) is 3.78. The number of likely N-dealkylation sites (tertiary alicyclic amines) is 1. The average molecular weight is 490 g/mol. The normalized spacial score (nSPS) is 22.1. The van der Waals surface area contributed by atoms with Gasteiger partial charge in [-0.3, -0.25) is 4.79 Å². The summed E-state index contributed by atoms with van der Waals surface area (Å²) < 4.78 is 44.3. The Morgan fingerprint density at radius 1 is 1.00 bits per heavy atom. The van der Waals surface area contributed by atoms with Gasteiger partial charge >= 0.3 is 0 Å². The summed E-state index contributed by atoms with van der Waals surface area (Å²) in [6.45, 7) is 5.85. The highest BCUT2D eigenvalue weighted by Gasteiger charge is 2.39. The fourth-order valence-corrected chi connectivity index (χ4v) is 7.07. The van der Waals surface area contributed by atoms with Crippen molar-refractivity contribution in [3.63, 3.8) is 0 Å². The minimum Gasteiger partial charge on any atom is -0.490 e. The fraction of sp³-hybridized carbons (Fsp3) is 0.583. The number of hydrogen-bond donors (Lipinski definition) is 0. The maximum absolute atomic E-state index is 13.5. The van der Waals surface area contributed by atoms with Gasteiger partial charge in [-0.15, -0.1) is 0 Å². The Hall–Kier alpha value is -2.59. The van der Waals surface area contributed by atoms with Gasteiger partial charge in [0.25, 0.3) is 0 Å². The van der Waals surface area contributed by atoms with Crippen LogP contribution in [0.2, 0.25) is 0 Å². The number of hydrogen-bond acceptors (Lipinski definition) is 7. The molecule has 2 saturated heterocycles. The molecule has 1 amide bonds. The maximum Gasteiger partial charge on any atom is 0.248 e. The van der Waals surface area contributed by atoms with Crippen LogP contribution in [0.15, 0.2) is 27.6 Å². The van der Waals surface area contributed by atoms with Gasteiger partial charge in [-0.2, -0.15) is 4.31 Å². The average Bonchev–Trinajstić information content (AvgIpc) is 3.38. The third-order valence-electron chi connectivity index (χ3n) is 7.06. The van der Waals surface area contributed by atoms with Crippen molar-refractivity contribution >= 4 is 15.9 Å². The highest BCUT2D eigenvalue weighted by Crippen LogP contribution is 2.39. The maximum atomic E-state index is 13.5. The number of rotatable bonds is 4. The summed E-state index contributed by atoms with van der Waals surface area (Å²) in [6, 6.07) is 5.99. The van der Waals surface area contributed by atoms with Gasteiger partial charge in [0.2, 0.25) is 15.9 Å². The number of ether oxygens (including phenoxy) is 2. The number of nitrogens with zero attached hydrogens (tertiary/aromatic N) is 3. The Balaban J connectivity index is 1.27. The lowest BCUT2D eigenvalue weighted by Crippen LogP contribution is -2.44. The molecule has 184 valence electrons. The minimum atomic E-state index is -3.69. The smallest absolute Gasteiger partial charge is 0.248 e. The van der Waals surface area contributed by atoms with Gasteiger partial charge < -0.3 is 18.9 Å². The third-order valence-corrected chi connectivity index (χ3v) is 9.20. The largest absolute Gasteiger partial charge is 0.490 e. The Morgan fingerprint density at radius 2 is 1.74 bits per heavy atom. The van der Waals surface area contributed by atoms with E-state index in [2.05, 4.69) is 5.16 Å². The first-order valence-corrected chi connectivity index (χ1v) is 13.4. The van der Waals surface area contributed by atoms with Crippen molar-refractivity contribution in [1.82, 2.24) is 14.4 Å². The van der Waals surface area contributed by atoms with E-state index in [-0.39, 0.29) is 22.8 Å². The second-order valence-electron chi connectivity index (χ2n) is 9.28. The van der Waals surface area contributed by atoms with Gasteiger partial charge in [0.05, 0.1) is 19.3 Å². The van der Waals surface area contributed by atoms with E-state index < -0.39 is 10.0 Å². The first kappa shape index (κ1) is 23.2. The lowest BCUT2D eigenvalue weighted by molar-refractivity contribution is -0.137. The summed E-state index contributed by atoms with van der Waals surface area (Å²) in [6.07, 6.45) is 3.72. The number of fused-ring (bicyclic) bond motifs is 1. The molecule has 3 aliphatic heterocycles. The molecule has 1 atom stereocenters. The molecular formula is C24H31N3O6S. The van der Waals surface area contributed by atoms with Gasteiger partial charge in [-0.1, -0.05) is 11.2 Å². The summed E-state index contributed by atoms with van der Waals surface area (Å²) in [5.74, 6) is 1.73. The van der Waals surface area contributed by atoms with Crippen molar-refractivity contribution in [1.29, 1.82) is 0 Å². The van der Waals surface area contributed by atoms with Crippen LogP contribution >= 0.6 is 0 Å². The van der Waals surface area contributed by atoms with Crippen LogP contribution in [0.5, 0.6) is 11.5 Å². The van der Waals surface area contributed by atoms with Crippen molar-refractivity contribution < 1.29 is 27.2 Å². The van der Waals surface area contributed by atoms with Crippen molar-refractivity contribution in [2.45, 2.75) is 56.9 Å². The van der Waals surface area contributed by atoms with Crippen LogP contribution in [-0.4, -0.2) is 61.5 Å². The molecule has 3 aliphatic rings. The summed E-state index contributed by atoms with van der Waals surface area (Å²) >= 11 is 0. The van der Waals surface area contributed by atoms with Crippen LogP contribution in [0.25, 0.3) is 0 Å². The standard InChI is InChI=1S/C24H31N3O6S/c1-16-23(17(2)33-25-16)34(29,30)26-11-8-18(9-12-26)24(28)27-10-3-5-20(27)19-6-7-21-22(15-19)32-14-4-13-31-21/h6-7,15,18,20H,3-5,8-14H2,1-2H3/t20-/m1/s1. The van der Waals surface area contributed by atoms with Crippen LogP contribution in [0.1, 0.15) is 55.2 Å². The molecule has 0 saturated carbocycles. The second kappa shape index (κ2) is 9.22. The molecule has 0 aliphatic carbocycles. The second-order valence-corrected chi connectivity index (χ2v) is 11.2. The molecular weight excluding hydrogens is 458 g/mol. The summed E-state index contributed by atoms with van der Waals surface area (Å²) in [4.78, 5) is 15.6. The highest BCUT2D eigenvalue weighted by molar-refractivity contribution is 7.89. The molecule has 0 bridgehead atoms. The Morgan fingerprint density at radius 3 is 2.44 bits per heavy atom. The molecule has 0 unspecified atom stereocenters. The zero-order valence-electron chi connectivity index (χ0n) is 19.7. The molecule has 34 heavy (non-hydrogen) atoms. The van der Waals surface area contributed by atoms with Crippen molar-refractivity contribution in [3.05, 3.63) is 35.2 Å². The van der Waals surface area contributed by atoms with Crippen LogP contribution in [0, 0.1) is 19.8 Å². The zero-order valence-corrected chi connectivity index (χ0v) is 20.5. The molecule has 0 spiro atoms. The predicted molar refractivity (Wildman–Crippen MR) is 123 cm³/mol. The number of benzene rings is 1. The van der Waals surface area contributed by atoms with E-state index in [0.717, 1.165) is 42.9 Å². The molecule has 1 aromatic carbocycles. The lowest BCUT2D eigenvalue weighted by atomic mass is 9.95. The van der Waals surface area contributed by atoms with Crippen LogP contribution in [0.4, 0.5) is 0 Å². The SMILES string of the molecule is Cc1noc(C)c1S(=O)(=O)N1CCC(C(=O)N2CCC[C@@H]2c2ccc3c(c2)OCCCO3)CC1. The monoisotopic (exact) mass is 489 g/mol. The molecule has 0 radical (unpaired) electrons. The van der Waals surface area contributed by atoms with Crippen LogP contribution in [0.3, 0.4) is 0 Å². The van der Waals surface area contributed by atoms with Gasteiger partial charge in [0, 0.05) is 32.0 Å². The number of piperidine rings is 1. The van der Waals surface area contributed by atoms with Crippen molar-refractivity contribution in [2.24, 2.45) is 5.92 Å². The predicted octanol–water partition coefficient (Wildman–Crippen LogP) is 3.22. The number of aryl methyl sites for hydroxylation is 2. The van der Waals surface area contributed by atoms with Gasteiger partial charge in [-0.05, 0) is 57.2 Å². The number of amides is 1. The molecule has 1 aromatic heterocycles. The highest BCUT2D eigenvalue weighted by atomic mass is 32.2. The zero-order chi connectivity index (χ0) is 23.9.